The Morgan fingerprint density at radius 2 is 2.27 bits per heavy atom. The highest BCUT2D eigenvalue weighted by atomic mass is 16.3. The molecule has 0 aromatic heterocycles. The third-order valence-electron chi connectivity index (χ3n) is 2.71. The summed E-state index contributed by atoms with van der Waals surface area (Å²) in [6, 6.07) is 7.47. The maximum absolute atomic E-state index is 12.0. The molecule has 0 fully saturated rings. The number of ketones is 1. The number of carbonyl (C=O) groups excluding carboxylic acids is 1. The first-order valence-electron chi connectivity index (χ1n) is 5.18. The van der Waals surface area contributed by atoms with Crippen LogP contribution in [0.15, 0.2) is 35.9 Å². The summed E-state index contributed by atoms with van der Waals surface area (Å²) in [5, 5.41) is 9.60. The van der Waals surface area contributed by atoms with Gasteiger partial charge in [-0.05, 0) is 25.8 Å². The quantitative estimate of drug-likeness (QED) is 0.747. The molecule has 1 unspecified atom stereocenters. The highest BCUT2D eigenvalue weighted by Gasteiger charge is 2.23. The van der Waals surface area contributed by atoms with Gasteiger partial charge in [-0.3, -0.25) is 4.79 Å². The van der Waals surface area contributed by atoms with Crippen LogP contribution >= 0.6 is 0 Å². The average molecular weight is 202 g/mol. The van der Waals surface area contributed by atoms with Crippen molar-refractivity contribution in [1.29, 1.82) is 0 Å². The Morgan fingerprint density at radius 3 is 2.87 bits per heavy atom. The van der Waals surface area contributed by atoms with E-state index in [0.29, 0.717) is 17.6 Å². The van der Waals surface area contributed by atoms with Crippen LogP contribution < -0.4 is 0 Å². The molecule has 2 nitrogen and oxygen atoms in total. The number of rotatable bonds is 2. The van der Waals surface area contributed by atoms with E-state index in [4.69, 9.17) is 0 Å². The summed E-state index contributed by atoms with van der Waals surface area (Å²) in [7, 11) is 0. The van der Waals surface area contributed by atoms with Gasteiger partial charge in [0.25, 0.3) is 0 Å². The van der Waals surface area contributed by atoms with Gasteiger partial charge >= 0.3 is 0 Å². The summed E-state index contributed by atoms with van der Waals surface area (Å²) in [4.78, 5) is 12.0. The first-order valence-corrected chi connectivity index (χ1v) is 5.18. The van der Waals surface area contributed by atoms with Crippen molar-refractivity contribution in [1.82, 2.24) is 0 Å². The number of aliphatic hydroxyl groups is 1. The molecule has 0 saturated carbocycles. The zero-order valence-electron chi connectivity index (χ0n) is 8.73. The van der Waals surface area contributed by atoms with Crippen molar-refractivity contribution in [3.63, 3.8) is 0 Å². The Kier molecular flexibility index (Phi) is 2.69. The molecule has 78 valence electrons. The lowest BCUT2D eigenvalue weighted by Gasteiger charge is -2.07. The number of benzene rings is 1. The zero-order chi connectivity index (χ0) is 10.8. The molecule has 1 aromatic rings. The molecule has 1 atom stereocenters. The predicted molar refractivity (Wildman–Crippen MR) is 58.8 cm³/mol. The van der Waals surface area contributed by atoms with E-state index in [9.17, 15) is 9.90 Å². The summed E-state index contributed by atoms with van der Waals surface area (Å²) in [6.07, 6.45) is 2.74. The van der Waals surface area contributed by atoms with E-state index >= 15 is 0 Å². The van der Waals surface area contributed by atoms with Gasteiger partial charge in [-0.25, -0.2) is 0 Å². The fourth-order valence-electron chi connectivity index (χ4n) is 1.89. The van der Waals surface area contributed by atoms with Crippen LogP contribution in [0.1, 0.15) is 28.8 Å². The summed E-state index contributed by atoms with van der Waals surface area (Å²) in [6.45, 7) is 1.95. The molecule has 0 saturated heterocycles. The molecule has 0 aliphatic heterocycles. The lowest BCUT2D eigenvalue weighted by atomic mass is 10.00. The van der Waals surface area contributed by atoms with Crippen molar-refractivity contribution < 1.29 is 9.90 Å². The third-order valence-corrected chi connectivity index (χ3v) is 2.71. The Morgan fingerprint density at radius 1 is 1.47 bits per heavy atom. The van der Waals surface area contributed by atoms with Gasteiger partial charge in [0.05, 0.1) is 6.10 Å². The fraction of sp³-hybridized carbons (Fsp3) is 0.308. The summed E-state index contributed by atoms with van der Waals surface area (Å²) in [5.74, 6) is -0.0382. The number of allylic oxidation sites excluding steroid dienone is 1. The van der Waals surface area contributed by atoms with Crippen LogP contribution in [0.5, 0.6) is 0 Å². The third kappa shape index (κ3) is 2.00. The molecule has 0 radical (unpaired) electrons. The van der Waals surface area contributed by atoms with Crippen LogP contribution in [0, 0.1) is 6.92 Å². The molecule has 0 amide bonds. The number of aryl methyl sites for hydroxylation is 1. The second-order valence-electron chi connectivity index (χ2n) is 3.95. The molecule has 1 N–H and O–H groups in total. The van der Waals surface area contributed by atoms with E-state index in [1.807, 2.05) is 31.2 Å². The largest absolute Gasteiger partial charge is 0.388 e. The highest BCUT2D eigenvalue weighted by Crippen LogP contribution is 2.22. The Hall–Kier alpha value is -1.41. The van der Waals surface area contributed by atoms with Crippen LogP contribution in [0.4, 0.5) is 0 Å². The van der Waals surface area contributed by atoms with Crippen LogP contribution in [-0.4, -0.2) is 17.0 Å². The van der Waals surface area contributed by atoms with Gasteiger partial charge in [-0.15, -0.1) is 0 Å². The smallest absolute Gasteiger partial charge is 0.191 e. The zero-order valence-corrected chi connectivity index (χ0v) is 8.73. The van der Waals surface area contributed by atoms with Crippen LogP contribution in [-0.2, 0) is 0 Å². The molecule has 2 rings (SSSR count). The Balaban J connectivity index is 2.28. The van der Waals surface area contributed by atoms with Crippen molar-refractivity contribution in [2.45, 2.75) is 25.9 Å². The van der Waals surface area contributed by atoms with Crippen molar-refractivity contribution in [2.75, 3.05) is 0 Å². The Labute approximate surface area is 89.2 Å². The number of Topliss-reactive ketones (excluding diaryl/α,β-unsaturated/α-hetero) is 1. The van der Waals surface area contributed by atoms with Gasteiger partial charge in [-0.1, -0.05) is 29.8 Å². The van der Waals surface area contributed by atoms with E-state index < -0.39 is 6.10 Å². The van der Waals surface area contributed by atoms with Crippen molar-refractivity contribution >= 4 is 5.78 Å². The SMILES string of the molecule is Cc1cccc(C(=O)C2=CCCC2O)c1. The van der Waals surface area contributed by atoms with Gasteiger partial charge in [0.1, 0.15) is 0 Å². The number of hydrogen-bond donors (Lipinski definition) is 1. The summed E-state index contributed by atoms with van der Waals surface area (Å²) < 4.78 is 0. The predicted octanol–water partition coefficient (Wildman–Crippen LogP) is 2.26. The highest BCUT2D eigenvalue weighted by molar-refractivity contribution is 6.09. The summed E-state index contributed by atoms with van der Waals surface area (Å²) >= 11 is 0. The molecule has 1 aliphatic carbocycles. The minimum Gasteiger partial charge on any atom is -0.388 e. The Bertz CT molecular complexity index is 418. The normalized spacial score (nSPS) is 20.1. The van der Waals surface area contributed by atoms with Crippen molar-refractivity contribution in [3.05, 3.63) is 47.0 Å². The van der Waals surface area contributed by atoms with Gasteiger partial charge < -0.3 is 5.11 Å². The average Bonchev–Trinajstić information content (AvgIpc) is 2.63. The minimum absolute atomic E-state index is 0.0382. The maximum atomic E-state index is 12.0. The second-order valence-corrected chi connectivity index (χ2v) is 3.95. The number of hydrogen-bond acceptors (Lipinski definition) is 2. The topological polar surface area (TPSA) is 37.3 Å². The van der Waals surface area contributed by atoms with E-state index in [1.54, 1.807) is 6.07 Å². The second kappa shape index (κ2) is 3.99. The monoisotopic (exact) mass is 202 g/mol. The standard InChI is InChI=1S/C13H14O2/c1-9-4-2-5-10(8-9)13(15)11-6-3-7-12(11)14/h2,4-6,8,12,14H,3,7H2,1H3. The molecular weight excluding hydrogens is 188 g/mol. The lowest BCUT2D eigenvalue weighted by Crippen LogP contribution is -2.14. The molecule has 1 aromatic carbocycles. The van der Waals surface area contributed by atoms with Gasteiger partial charge in [0.2, 0.25) is 0 Å². The van der Waals surface area contributed by atoms with Gasteiger partial charge in [-0.2, -0.15) is 0 Å². The van der Waals surface area contributed by atoms with Gasteiger partial charge in [0.15, 0.2) is 5.78 Å². The van der Waals surface area contributed by atoms with Crippen molar-refractivity contribution in [2.24, 2.45) is 0 Å². The van der Waals surface area contributed by atoms with E-state index in [1.165, 1.54) is 0 Å². The van der Waals surface area contributed by atoms with Crippen molar-refractivity contribution in [3.8, 4) is 0 Å². The van der Waals surface area contributed by atoms with Gasteiger partial charge in [0, 0.05) is 11.1 Å². The number of carbonyl (C=O) groups is 1. The molecule has 0 heterocycles. The lowest BCUT2D eigenvalue weighted by molar-refractivity contribution is 0.0992. The first kappa shape index (κ1) is 10.1. The van der Waals surface area contributed by atoms with Crippen LogP contribution in [0.3, 0.4) is 0 Å². The molecule has 0 spiro atoms. The molecule has 1 aliphatic rings. The minimum atomic E-state index is -0.571. The van der Waals surface area contributed by atoms with E-state index in [2.05, 4.69) is 0 Å². The first-order chi connectivity index (χ1) is 7.18. The van der Waals surface area contributed by atoms with E-state index in [0.717, 1.165) is 12.0 Å². The van der Waals surface area contributed by atoms with Crippen LogP contribution in [0.25, 0.3) is 0 Å². The summed E-state index contributed by atoms with van der Waals surface area (Å²) in [5.41, 5.74) is 2.29. The maximum Gasteiger partial charge on any atom is 0.191 e. The fourth-order valence-corrected chi connectivity index (χ4v) is 1.89. The molecule has 0 bridgehead atoms. The number of aliphatic hydroxyl groups excluding tert-OH is 1. The molecular formula is C13H14O2. The molecule has 2 heteroatoms. The molecule has 15 heavy (non-hydrogen) atoms. The van der Waals surface area contributed by atoms with Crippen LogP contribution in [0.2, 0.25) is 0 Å². The van der Waals surface area contributed by atoms with E-state index in [-0.39, 0.29) is 5.78 Å².